The third-order valence-corrected chi connectivity index (χ3v) is 5.12. The number of ether oxygens (including phenoxy) is 1. The molecule has 1 aromatic heterocycles. The number of fused-ring (bicyclic) bond motifs is 1. The minimum absolute atomic E-state index is 0.233. The van der Waals surface area contributed by atoms with Crippen LogP contribution in [0.2, 0.25) is 0 Å². The summed E-state index contributed by atoms with van der Waals surface area (Å²) in [6.45, 7) is 1.66. The first kappa shape index (κ1) is 18.0. The van der Waals surface area contributed by atoms with Crippen LogP contribution >= 0.6 is 0 Å². The van der Waals surface area contributed by atoms with Crippen molar-refractivity contribution >= 4 is 16.9 Å². The molecule has 1 aliphatic rings. The Hall–Kier alpha value is -2.81. The van der Waals surface area contributed by atoms with E-state index in [9.17, 15) is 14.9 Å². The molecule has 1 aromatic carbocycles. The molecule has 0 radical (unpaired) electrons. The van der Waals surface area contributed by atoms with E-state index in [1.54, 1.807) is 38.2 Å². The van der Waals surface area contributed by atoms with Crippen LogP contribution < -0.4 is 10.4 Å². The van der Waals surface area contributed by atoms with E-state index in [-0.39, 0.29) is 5.91 Å². The Balaban J connectivity index is 1.76. The van der Waals surface area contributed by atoms with Gasteiger partial charge in [0.2, 0.25) is 0 Å². The number of rotatable bonds is 4. The van der Waals surface area contributed by atoms with E-state index in [1.165, 1.54) is 11.0 Å². The van der Waals surface area contributed by atoms with Crippen molar-refractivity contribution < 1.29 is 13.9 Å². The SMILES string of the molecule is C[C@H](Oc1ccc2ccc(=O)oc2c1)C(=O)N(C)C1(C#N)CCCCC1. The van der Waals surface area contributed by atoms with E-state index in [4.69, 9.17) is 9.15 Å². The third-order valence-electron chi connectivity index (χ3n) is 5.12. The van der Waals surface area contributed by atoms with Gasteiger partial charge in [-0.15, -0.1) is 0 Å². The standard InChI is InChI=1S/C20H22N2O4/c1-14(19(24)22(2)20(13-21)10-4-3-5-11-20)25-16-8-6-15-7-9-18(23)26-17(15)12-16/h6-9,12,14H,3-5,10-11H2,1-2H3/t14-/m0/s1. The van der Waals surface area contributed by atoms with Crippen LogP contribution in [0.5, 0.6) is 5.75 Å². The predicted molar refractivity (Wildman–Crippen MR) is 96.8 cm³/mol. The molecule has 1 heterocycles. The van der Waals surface area contributed by atoms with Crippen molar-refractivity contribution in [3.63, 3.8) is 0 Å². The quantitative estimate of drug-likeness (QED) is 0.787. The second kappa shape index (κ2) is 7.20. The Bertz CT molecular complexity index is 906. The van der Waals surface area contributed by atoms with Crippen molar-refractivity contribution in [1.29, 1.82) is 5.26 Å². The highest BCUT2D eigenvalue weighted by Gasteiger charge is 2.40. The Morgan fingerprint density at radius 2 is 1.96 bits per heavy atom. The monoisotopic (exact) mass is 354 g/mol. The Kier molecular flexibility index (Phi) is 4.99. The van der Waals surface area contributed by atoms with E-state index in [0.29, 0.717) is 24.2 Å². The number of carbonyl (C=O) groups excluding carboxylic acids is 1. The van der Waals surface area contributed by atoms with Gasteiger partial charge in [-0.3, -0.25) is 4.79 Å². The molecule has 0 aliphatic heterocycles. The number of carbonyl (C=O) groups is 1. The lowest BCUT2D eigenvalue weighted by Gasteiger charge is -2.40. The topological polar surface area (TPSA) is 83.5 Å². The van der Waals surface area contributed by atoms with Gasteiger partial charge in [0.1, 0.15) is 16.9 Å². The van der Waals surface area contributed by atoms with Gasteiger partial charge >= 0.3 is 5.63 Å². The molecule has 0 N–H and O–H groups in total. The number of nitrogens with zero attached hydrogens (tertiary/aromatic N) is 2. The fraction of sp³-hybridized carbons (Fsp3) is 0.450. The average molecular weight is 354 g/mol. The molecule has 1 aliphatic carbocycles. The molecule has 1 atom stereocenters. The van der Waals surface area contributed by atoms with E-state index >= 15 is 0 Å². The van der Waals surface area contributed by atoms with Crippen molar-refractivity contribution in [3.8, 4) is 11.8 Å². The summed E-state index contributed by atoms with van der Waals surface area (Å²) < 4.78 is 10.9. The highest BCUT2D eigenvalue weighted by molar-refractivity contribution is 5.82. The molecule has 0 unspecified atom stereocenters. The molecule has 1 saturated carbocycles. The van der Waals surface area contributed by atoms with Crippen molar-refractivity contribution in [2.45, 2.75) is 50.7 Å². The lowest BCUT2D eigenvalue weighted by atomic mass is 9.81. The summed E-state index contributed by atoms with van der Waals surface area (Å²) in [5, 5.41) is 10.4. The molecule has 1 amide bonds. The zero-order valence-corrected chi connectivity index (χ0v) is 15.0. The minimum Gasteiger partial charge on any atom is -0.481 e. The van der Waals surface area contributed by atoms with Gasteiger partial charge in [0.05, 0.1) is 6.07 Å². The number of hydrogen-bond acceptors (Lipinski definition) is 5. The molecule has 26 heavy (non-hydrogen) atoms. The first-order valence-electron chi connectivity index (χ1n) is 8.85. The summed E-state index contributed by atoms with van der Waals surface area (Å²) in [6, 6.07) is 10.5. The van der Waals surface area contributed by atoms with Crippen molar-refractivity contribution in [2.75, 3.05) is 7.05 Å². The van der Waals surface area contributed by atoms with Crippen LogP contribution in [0.15, 0.2) is 39.5 Å². The summed E-state index contributed by atoms with van der Waals surface area (Å²) >= 11 is 0. The smallest absolute Gasteiger partial charge is 0.336 e. The van der Waals surface area contributed by atoms with Crippen LogP contribution in [0.4, 0.5) is 0 Å². The second-order valence-corrected chi connectivity index (χ2v) is 6.82. The summed E-state index contributed by atoms with van der Waals surface area (Å²) in [5.74, 6) is 0.207. The summed E-state index contributed by atoms with van der Waals surface area (Å²) in [5.41, 5.74) is -0.779. The van der Waals surface area contributed by atoms with Gasteiger partial charge in [0.15, 0.2) is 6.10 Å². The molecule has 1 fully saturated rings. The lowest BCUT2D eigenvalue weighted by Crippen LogP contribution is -2.53. The van der Waals surface area contributed by atoms with Crippen LogP contribution in [0, 0.1) is 11.3 Å². The van der Waals surface area contributed by atoms with Gasteiger partial charge in [-0.25, -0.2) is 4.79 Å². The molecular weight excluding hydrogens is 332 g/mol. The van der Waals surface area contributed by atoms with Crippen molar-refractivity contribution in [1.82, 2.24) is 4.90 Å². The molecule has 0 bridgehead atoms. The van der Waals surface area contributed by atoms with Gasteiger partial charge in [0, 0.05) is 24.6 Å². The summed E-state index contributed by atoms with van der Waals surface area (Å²) in [4.78, 5) is 25.7. The zero-order chi connectivity index (χ0) is 18.7. The second-order valence-electron chi connectivity index (χ2n) is 6.82. The Labute approximate surface area is 152 Å². The third kappa shape index (κ3) is 3.43. The molecule has 0 saturated heterocycles. The van der Waals surface area contributed by atoms with Gasteiger partial charge in [-0.1, -0.05) is 19.3 Å². The van der Waals surface area contributed by atoms with Gasteiger partial charge in [0.25, 0.3) is 5.91 Å². The highest BCUT2D eigenvalue weighted by Crippen LogP contribution is 2.33. The first-order chi connectivity index (χ1) is 12.4. The number of likely N-dealkylation sites (N-methyl/N-ethyl adjacent to an activating group) is 1. The first-order valence-corrected chi connectivity index (χ1v) is 8.85. The molecule has 0 spiro atoms. The van der Waals surface area contributed by atoms with Crippen LogP contribution in [-0.2, 0) is 4.79 Å². The van der Waals surface area contributed by atoms with E-state index in [0.717, 1.165) is 24.6 Å². The van der Waals surface area contributed by atoms with E-state index < -0.39 is 17.3 Å². The molecular formula is C20H22N2O4. The number of nitriles is 1. The highest BCUT2D eigenvalue weighted by atomic mass is 16.5. The van der Waals surface area contributed by atoms with Crippen LogP contribution in [-0.4, -0.2) is 29.5 Å². The van der Waals surface area contributed by atoms with Crippen LogP contribution in [0.1, 0.15) is 39.0 Å². The maximum atomic E-state index is 12.8. The van der Waals surface area contributed by atoms with Crippen molar-refractivity contribution in [3.05, 3.63) is 40.8 Å². The lowest BCUT2D eigenvalue weighted by molar-refractivity contribution is -0.141. The van der Waals surface area contributed by atoms with E-state index in [2.05, 4.69) is 6.07 Å². The molecule has 2 aromatic rings. The van der Waals surface area contributed by atoms with Crippen molar-refractivity contribution in [2.24, 2.45) is 0 Å². The summed E-state index contributed by atoms with van der Waals surface area (Å²) in [6.07, 6.45) is 3.63. The summed E-state index contributed by atoms with van der Waals surface area (Å²) in [7, 11) is 1.68. The normalized spacial score (nSPS) is 17.3. The molecule has 3 rings (SSSR count). The van der Waals surface area contributed by atoms with Gasteiger partial charge in [-0.05, 0) is 38.0 Å². The van der Waals surface area contributed by atoms with Gasteiger partial charge in [-0.2, -0.15) is 5.26 Å². The Morgan fingerprint density at radius 3 is 2.65 bits per heavy atom. The predicted octanol–water partition coefficient (Wildman–Crippen LogP) is 3.25. The molecule has 6 nitrogen and oxygen atoms in total. The Morgan fingerprint density at radius 1 is 1.27 bits per heavy atom. The largest absolute Gasteiger partial charge is 0.481 e. The van der Waals surface area contributed by atoms with Crippen LogP contribution in [0.3, 0.4) is 0 Å². The minimum atomic E-state index is -0.750. The van der Waals surface area contributed by atoms with Crippen LogP contribution in [0.25, 0.3) is 11.0 Å². The fourth-order valence-electron chi connectivity index (χ4n) is 3.51. The number of benzene rings is 1. The maximum Gasteiger partial charge on any atom is 0.336 e. The number of amides is 1. The number of hydrogen-bond donors (Lipinski definition) is 0. The fourth-order valence-corrected chi connectivity index (χ4v) is 3.51. The molecule has 6 heteroatoms. The maximum absolute atomic E-state index is 12.8. The zero-order valence-electron chi connectivity index (χ0n) is 15.0. The van der Waals surface area contributed by atoms with E-state index in [1.807, 2.05) is 0 Å². The van der Waals surface area contributed by atoms with Gasteiger partial charge < -0.3 is 14.1 Å². The average Bonchev–Trinajstić information content (AvgIpc) is 2.67. The molecule has 136 valence electrons.